The van der Waals surface area contributed by atoms with Crippen LogP contribution in [0.15, 0.2) is 18.2 Å². The van der Waals surface area contributed by atoms with Crippen molar-refractivity contribution in [1.29, 1.82) is 0 Å². The second-order valence-electron chi connectivity index (χ2n) is 6.51. The zero-order chi connectivity index (χ0) is 13.7. The number of rotatable bonds is 1. The van der Waals surface area contributed by atoms with Crippen molar-refractivity contribution in [3.63, 3.8) is 0 Å². The number of hydrogen-bond donors (Lipinski definition) is 1. The number of carbonyl (C=O) groups is 1. The van der Waals surface area contributed by atoms with Crippen LogP contribution in [-0.2, 0) is 12.0 Å². The first kappa shape index (κ1) is 13.5. The molecule has 18 heavy (non-hydrogen) atoms. The Morgan fingerprint density at radius 2 is 1.78 bits per heavy atom. The molecule has 0 saturated carbocycles. The van der Waals surface area contributed by atoms with Gasteiger partial charge in [-0.2, -0.15) is 12.6 Å². The second-order valence-corrected chi connectivity index (χ2v) is 7.60. The molecule has 1 heterocycles. The third-order valence-electron chi connectivity index (χ3n) is 3.44. The van der Waals surface area contributed by atoms with E-state index in [4.69, 9.17) is 0 Å². The average Bonchev–Trinajstić information content (AvgIpc) is 2.54. The molecule has 0 aliphatic carbocycles. The maximum atomic E-state index is 12.3. The molecule has 0 aromatic heterocycles. The fourth-order valence-electron chi connectivity index (χ4n) is 2.23. The molecule has 1 aromatic carbocycles. The van der Waals surface area contributed by atoms with Gasteiger partial charge in [0.2, 0.25) is 0 Å². The highest BCUT2D eigenvalue weighted by atomic mass is 32.1. The number of hydrogen-bond acceptors (Lipinski definition) is 2. The van der Waals surface area contributed by atoms with Gasteiger partial charge in [0.15, 0.2) is 0 Å². The lowest BCUT2D eigenvalue weighted by atomic mass is 9.85. The van der Waals surface area contributed by atoms with Crippen LogP contribution < -0.4 is 0 Å². The normalized spacial score (nSPS) is 16.1. The number of carbonyl (C=O) groups excluding carboxylic acids is 1. The average molecular weight is 263 g/mol. The number of fused-ring (bicyclic) bond motifs is 1. The summed E-state index contributed by atoms with van der Waals surface area (Å²) in [4.78, 5) is 13.7. The van der Waals surface area contributed by atoms with E-state index in [2.05, 4.69) is 45.5 Å². The maximum Gasteiger partial charge on any atom is 0.255 e. The molecular formula is C15H21NOS. The van der Waals surface area contributed by atoms with Crippen molar-refractivity contribution < 1.29 is 4.79 Å². The molecular weight excluding hydrogens is 242 g/mol. The van der Waals surface area contributed by atoms with Crippen LogP contribution in [0.5, 0.6) is 0 Å². The van der Waals surface area contributed by atoms with Crippen LogP contribution in [0.3, 0.4) is 0 Å². The van der Waals surface area contributed by atoms with E-state index in [0.29, 0.717) is 6.54 Å². The minimum atomic E-state index is -0.419. The van der Waals surface area contributed by atoms with Crippen molar-refractivity contribution in [1.82, 2.24) is 4.90 Å². The Labute approximate surface area is 115 Å². The maximum absolute atomic E-state index is 12.3. The fourth-order valence-corrected chi connectivity index (χ4v) is 2.39. The Morgan fingerprint density at radius 3 is 2.28 bits per heavy atom. The molecule has 1 amide bonds. The monoisotopic (exact) mass is 263 g/mol. The number of benzene rings is 1. The molecule has 0 fully saturated rings. The lowest BCUT2D eigenvalue weighted by Crippen LogP contribution is -2.39. The SMILES string of the molecule is CC(C)(C)c1ccc2c(c1)CN(C(C)(C)S)C2=O. The Bertz CT molecular complexity index is 494. The summed E-state index contributed by atoms with van der Waals surface area (Å²) in [5.74, 6) is 0.0884. The summed E-state index contributed by atoms with van der Waals surface area (Å²) in [6.07, 6.45) is 0. The van der Waals surface area contributed by atoms with E-state index in [9.17, 15) is 4.79 Å². The molecule has 0 bridgehead atoms. The molecule has 2 rings (SSSR count). The van der Waals surface area contributed by atoms with Crippen LogP contribution in [0, 0.1) is 0 Å². The number of amides is 1. The number of thiol groups is 1. The predicted molar refractivity (Wildman–Crippen MR) is 78.1 cm³/mol. The lowest BCUT2D eigenvalue weighted by Gasteiger charge is -2.30. The van der Waals surface area contributed by atoms with Crippen molar-refractivity contribution in [3.8, 4) is 0 Å². The smallest absolute Gasteiger partial charge is 0.255 e. The fraction of sp³-hybridized carbons (Fsp3) is 0.533. The quantitative estimate of drug-likeness (QED) is 0.768. The van der Waals surface area contributed by atoms with E-state index in [0.717, 1.165) is 11.1 Å². The lowest BCUT2D eigenvalue weighted by molar-refractivity contribution is 0.0702. The van der Waals surface area contributed by atoms with Crippen LogP contribution in [0.2, 0.25) is 0 Å². The predicted octanol–water partition coefficient (Wildman–Crippen LogP) is 3.61. The standard InChI is InChI=1S/C15H21NOS/c1-14(2,3)11-6-7-12-10(8-11)9-16(13(12)17)15(4,5)18/h6-8,18H,9H2,1-5H3. The van der Waals surface area contributed by atoms with E-state index in [1.165, 1.54) is 5.56 Å². The van der Waals surface area contributed by atoms with Gasteiger partial charge in [0, 0.05) is 12.1 Å². The summed E-state index contributed by atoms with van der Waals surface area (Å²) >= 11 is 4.50. The zero-order valence-corrected chi connectivity index (χ0v) is 12.6. The van der Waals surface area contributed by atoms with Crippen molar-refractivity contribution in [3.05, 3.63) is 34.9 Å². The Morgan fingerprint density at radius 1 is 1.17 bits per heavy atom. The van der Waals surface area contributed by atoms with Gasteiger partial charge in [-0.3, -0.25) is 4.79 Å². The van der Waals surface area contributed by atoms with Crippen LogP contribution in [0.25, 0.3) is 0 Å². The minimum Gasteiger partial charge on any atom is -0.320 e. The zero-order valence-electron chi connectivity index (χ0n) is 11.7. The highest BCUT2D eigenvalue weighted by Crippen LogP contribution is 2.33. The molecule has 1 aliphatic rings. The van der Waals surface area contributed by atoms with E-state index in [1.54, 1.807) is 0 Å². The molecule has 1 aromatic rings. The molecule has 0 spiro atoms. The summed E-state index contributed by atoms with van der Waals surface area (Å²) in [6.45, 7) is 11.1. The first-order chi connectivity index (χ1) is 8.10. The molecule has 1 aliphatic heterocycles. The van der Waals surface area contributed by atoms with Crippen LogP contribution in [0.1, 0.15) is 56.1 Å². The first-order valence-electron chi connectivity index (χ1n) is 6.28. The summed E-state index contributed by atoms with van der Waals surface area (Å²) in [5, 5.41) is 0. The molecule has 0 atom stereocenters. The first-order valence-corrected chi connectivity index (χ1v) is 6.73. The second kappa shape index (κ2) is 4.02. The van der Waals surface area contributed by atoms with Crippen molar-refractivity contribution in [2.24, 2.45) is 0 Å². The molecule has 0 radical (unpaired) electrons. The molecule has 3 heteroatoms. The summed E-state index contributed by atoms with van der Waals surface area (Å²) in [5.41, 5.74) is 3.33. The van der Waals surface area contributed by atoms with Gasteiger partial charge < -0.3 is 4.90 Å². The van der Waals surface area contributed by atoms with E-state index >= 15 is 0 Å². The molecule has 98 valence electrons. The van der Waals surface area contributed by atoms with Crippen LogP contribution in [-0.4, -0.2) is 15.7 Å². The third kappa shape index (κ3) is 2.28. The van der Waals surface area contributed by atoms with Crippen molar-refractivity contribution >= 4 is 18.5 Å². The minimum absolute atomic E-state index is 0.0884. The number of nitrogens with zero attached hydrogens (tertiary/aromatic N) is 1. The van der Waals surface area contributed by atoms with Crippen LogP contribution in [0.4, 0.5) is 0 Å². The van der Waals surface area contributed by atoms with Crippen molar-refractivity contribution in [2.75, 3.05) is 0 Å². The van der Waals surface area contributed by atoms with Crippen molar-refractivity contribution in [2.45, 2.75) is 51.4 Å². The van der Waals surface area contributed by atoms with E-state index in [-0.39, 0.29) is 11.3 Å². The Kier molecular flexibility index (Phi) is 3.01. The molecule has 0 N–H and O–H groups in total. The van der Waals surface area contributed by atoms with Gasteiger partial charge in [0.25, 0.3) is 5.91 Å². The summed E-state index contributed by atoms with van der Waals surface area (Å²) in [7, 11) is 0. The molecule has 0 saturated heterocycles. The van der Waals surface area contributed by atoms with E-state index < -0.39 is 4.87 Å². The Hall–Kier alpha value is -0.960. The molecule has 0 unspecified atom stereocenters. The Balaban J connectivity index is 2.41. The van der Waals surface area contributed by atoms with Crippen LogP contribution >= 0.6 is 12.6 Å². The van der Waals surface area contributed by atoms with Gasteiger partial charge >= 0.3 is 0 Å². The van der Waals surface area contributed by atoms with Gasteiger partial charge in [-0.1, -0.05) is 32.9 Å². The highest BCUT2D eigenvalue weighted by molar-refractivity contribution is 7.81. The van der Waals surface area contributed by atoms with Gasteiger partial charge in [-0.15, -0.1) is 0 Å². The third-order valence-corrected chi connectivity index (χ3v) is 3.68. The van der Waals surface area contributed by atoms with E-state index in [1.807, 2.05) is 24.8 Å². The summed E-state index contributed by atoms with van der Waals surface area (Å²) < 4.78 is 0. The topological polar surface area (TPSA) is 20.3 Å². The van der Waals surface area contributed by atoms with Gasteiger partial charge in [0.05, 0.1) is 4.87 Å². The van der Waals surface area contributed by atoms with Gasteiger partial charge in [-0.05, 0) is 36.5 Å². The largest absolute Gasteiger partial charge is 0.320 e. The summed E-state index contributed by atoms with van der Waals surface area (Å²) in [6, 6.07) is 6.18. The van der Waals surface area contributed by atoms with Gasteiger partial charge in [0.1, 0.15) is 0 Å². The molecule has 2 nitrogen and oxygen atoms in total. The van der Waals surface area contributed by atoms with Gasteiger partial charge in [-0.25, -0.2) is 0 Å². The highest BCUT2D eigenvalue weighted by Gasteiger charge is 2.35.